The maximum Gasteiger partial charge on any atom is 0.210 e. The van der Waals surface area contributed by atoms with Crippen LogP contribution < -0.4 is 10.2 Å². The minimum absolute atomic E-state index is 0.282. The van der Waals surface area contributed by atoms with Gasteiger partial charge in [0.05, 0.1) is 47.2 Å². The fraction of sp³-hybridized carbons (Fsp3) is 0.533. The number of carbonyl (C=O) groups is 1. The van der Waals surface area contributed by atoms with E-state index in [1.165, 1.54) is 16.1 Å². The van der Waals surface area contributed by atoms with Gasteiger partial charge >= 0.3 is 0 Å². The molecule has 3 aliphatic rings. The molecule has 2 N–H and O–H groups in total. The van der Waals surface area contributed by atoms with Crippen LogP contribution in [0.3, 0.4) is 0 Å². The molecule has 0 saturated carbocycles. The summed E-state index contributed by atoms with van der Waals surface area (Å²) in [6, 6.07) is 5.02. The number of thiophene rings is 1. The zero-order valence-electron chi connectivity index (χ0n) is 24.0. The fourth-order valence-electron chi connectivity index (χ4n) is 7.13. The van der Waals surface area contributed by atoms with Gasteiger partial charge in [-0.25, -0.2) is 9.97 Å². The van der Waals surface area contributed by atoms with E-state index in [9.17, 15) is 4.79 Å². The van der Waals surface area contributed by atoms with Gasteiger partial charge in [-0.2, -0.15) is 5.10 Å². The van der Waals surface area contributed by atoms with Crippen LogP contribution in [0.5, 0.6) is 0 Å². The third-order valence-electron chi connectivity index (χ3n) is 9.72. The van der Waals surface area contributed by atoms with E-state index < -0.39 is 0 Å². The van der Waals surface area contributed by atoms with Crippen LogP contribution in [0.4, 0.5) is 17.2 Å². The van der Waals surface area contributed by atoms with E-state index >= 15 is 0 Å². The molecule has 7 rings (SSSR count). The highest BCUT2D eigenvalue weighted by atomic mass is 32.1. The number of hydrogen-bond donors (Lipinski definition) is 2. The summed E-state index contributed by atoms with van der Waals surface area (Å²) in [6.07, 6.45) is 9.70. The summed E-state index contributed by atoms with van der Waals surface area (Å²) in [4.78, 5) is 30.6. The number of fused-ring (bicyclic) bond motifs is 4. The van der Waals surface area contributed by atoms with Crippen molar-refractivity contribution in [1.29, 1.82) is 0 Å². The van der Waals surface area contributed by atoms with Crippen molar-refractivity contribution in [3.63, 3.8) is 0 Å². The first kappa shape index (κ1) is 26.6. The Hall–Kier alpha value is -3.28. The van der Waals surface area contributed by atoms with E-state index in [2.05, 4.69) is 58.5 Å². The number of piperidine rings is 1. The third kappa shape index (κ3) is 4.64. The highest BCUT2D eigenvalue weighted by Crippen LogP contribution is 2.45. The topological polar surface area (TPSA) is 103 Å². The number of morpholine rings is 1. The summed E-state index contributed by atoms with van der Waals surface area (Å²) in [7, 11) is 4.35. The Morgan fingerprint density at radius 3 is 2.85 bits per heavy atom. The Balaban J connectivity index is 1.22. The molecule has 5 heterocycles. The molecule has 216 valence electrons. The largest absolute Gasteiger partial charge is 0.377 e. The fourth-order valence-corrected chi connectivity index (χ4v) is 8.40. The molecule has 4 aromatic rings. The van der Waals surface area contributed by atoms with Crippen LogP contribution in [0.2, 0.25) is 0 Å². The first-order valence-electron chi connectivity index (χ1n) is 14.6. The van der Waals surface area contributed by atoms with Gasteiger partial charge in [-0.05, 0) is 76.7 Å². The number of nitrogens with one attached hydrogen (secondary N) is 2. The Morgan fingerprint density at radius 1 is 1.20 bits per heavy atom. The molecule has 41 heavy (non-hydrogen) atoms. The van der Waals surface area contributed by atoms with Gasteiger partial charge in [0.2, 0.25) is 6.41 Å². The normalized spacial score (nSPS) is 23.9. The second kappa shape index (κ2) is 10.5. The average Bonchev–Trinajstić information content (AvgIpc) is 3.61. The molecule has 2 atom stereocenters. The molecule has 2 fully saturated rings. The van der Waals surface area contributed by atoms with E-state index in [1.807, 2.05) is 11.1 Å². The molecule has 10 nitrogen and oxygen atoms in total. The minimum atomic E-state index is -0.282. The molecule has 1 aromatic carbocycles. The van der Waals surface area contributed by atoms with Gasteiger partial charge in [0, 0.05) is 35.9 Å². The zero-order chi connectivity index (χ0) is 28.1. The van der Waals surface area contributed by atoms with Crippen molar-refractivity contribution in [1.82, 2.24) is 30.0 Å². The predicted molar refractivity (Wildman–Crippen MR) is 163 cm³/mol. The molecule has 2 saturated heterocycles. The number of amides is 1. The van der Waals surface area contributed by atoms with Crippen molar-refractivity contribution in [3.8, 4) is 0 Å². The summed E-state index contributed by atoms with van der Waals surface area (Å²) in [5.41, 5.74) is 4.32. The molecular formula is C30H38N8O2S. The number of benzene rings is 1. The number of aromatic nitrogens is 4. The number of aryl methyl sites for hydroxylation is 1. The third-order valence-corrected chi connectivity index (χ3v) is 10.9. The van der Waals surface area contributed by atoms with Crippen LogP contribution >= 0.6 is 11.3 Å². The Kier molecular flexibility index (Phi) is 6.83. The number of rotatable bonds is 6. The highest BCUT2D eigenvalue weighted by Gasteiger charge is 2.43. The zero-order valence-corrected chi connectivity index (χ0v) is 24.8. The monoisotopic (exact) mass is 574 g/mol. The predicted octanol–water partition coefficient (Wildman–Crippen LogP) is 4.19. The van der Waals surface area contributed by atoms with Crippen LogP contribution in [0.25, 0.3) is 21.1 Å². The van der Waals surface area contributed by atoms with E-state index in [1.54, 1.807) is 17.7 Å². The lowest BCUT2D eigenvalue weighted by Crippen LogP contribution is -2.59. The van der Waals surface area contributed by atoms with Gasteiger partial charge in [-0.1, -0.05) is 0 Å². The van der Waals surface area contributed by atoms with Gasteiger partial charge in [0.15, 0.2) is 0 Å². The summed E-state index contributed by atoms with van der Waals surface area (Å²) in [5.74, 6) is 1.21. The lowest BCUT2D eigenvalue weighted by Gasteiger charge is -2.48. The van der Waals surface area contributed by atoms with Gasteiger partial charge in [-0.15, -0.1) is 11.3 Å². The highest BCUT2D eigenvalue weighted by molar-refractivity contribution is 7.19. The number of nitrogens with zero attached hydrogens (tertiary/aromatic N) is 6. The van der Waals surface area contributed by atoms with Crippen molar-refractivity contribution in [2.24, 2.45) is 5.92 Å². The number of anilines is 3. The van der Waals surface area contributed by atoms with Crippen LogP contribution in [-0.4, -0.2) is 94.9 Å². The van der Waals surface area contributed by atoms with Crippen molar-refractivity contribution in [3.05, 3.63) is 35.1 Å². The summed E-state index contributed by atoms with van der Waals surface area (Å²) < 4.78 is 5.86. The van der Waals surface area contributed by atoms with E-state index in [4.69, 9.17) is 14.7 Å². The first-order chi connectivity index (χ1) is 19.9. The average molecular weight is 575 g/mol. The van der Waals surface area contributed by atoms with Crippen LogP contribution in [-0.2, 0) is 22.4 Å². The summed E-state index contributed by atoms with van der Waals surface area (Å²) in [5, 5.41) is 13.4. The molecule has 1 amide bonds. The van der Waals surface area contributed by atoms with Crippen molar-refractivity contribution in [2.45, 2.75) is 50.6 Å². The maximum atomic E-state index is 11.9. The first-order valence-corrected chi connectivity index (χ1v) is 15.5. The van der Waals surface area contributed by atoms with E-state index in [0.29, 0.717) is 31.7 Å². The number of aromatic amines is 1. The smallest absolute Gasteiger partial charge is 0.210 e. The lowest BCUT2D eigenvalue weighted by molar-refractivity contribution is -0.140. The van der Waals surface area contributed by atoms with Crippen molar-refractivity contribution < 1.29 is 9.53 Å². The molecule has 2 aliphatic heterocycles. The van der Waals surface area contributed by atoms with Crippen LogP contribution in [0.1, 0.15) is 36.6 Å². The summed E-state index contributed by atoms with van der Waals surface area (Å²) >= 11 is 1.77. The molecule has 0 radical (unpaired) electrons. The second-order valence-electron chi connectivity index (χ2n) is 12.2. The Bertz CT molecular complexity index is 1580. The lowest BCUT2D eigenvalue weighted by atomic mass is 9.74. The number of hydrogen-bond acceptors (Lipinski definition) is 9. The maximum absolute atomic E-state index is 11.9. The SMILES string of the molecule is CN(C)C1CCN(c2cc3[nH]ncc3cc2Nc2ncnc3sc4c(c23)CC[C@H]([C@]2(C)COCCN2C=O)C4)CC1. The van der Waals surface area contributed by atoms with Crippen LogP contribution in [0.15, 0.2) is 24.7 Å². The molecule has 0 bridgehead atoms. The van der Waals surface area contributed by atoms with Crippen molar-refractivity contribution >= 4 is 56.1 Å². The van der Waals surface area contributed by atoms with Gasteiger partial charge < -0.3 is 24.8 Å². The number of H-pyrrole nitrogens is 1. The molecular weight excluding hydrogens is 536 g/mol. The van der Waals surface area contributed by atoms with Crippen LogP contribution in [0, 0.1) is 5.92 Å². The molecule has 0 spiro atoms. The molecule has 11 heteroatoms. The quantitative estimate of drug-likeness (QED) is 0.331. The summed E-state index contributed by atoms with van der Waals surface area (Å²) in [6.45, 7) is 6.06. The standard InChI is InChI=1S/C30H38N8O2S/c1-30(16-40-11-10-38(30)18-39)20-4-5-22-26(13-20)41-29-27(22)28(31-17-32-29)34-24-12-19-15-33-35-23(19)14-25(24)37-8-6-21(7-9-37)36(2)3/h12,14-15,17-18,20-21H,4-11,13,16H2,1-3H3,(H,33,35)(H,31,32,34)/t20-,30-/m0/s1. The molecule has 0 unspecified atom stereocenters. The number of carbonyl (C=O) groups excluding carboxylic acids is 1. The Labute approximate surface area is 244 Å². The Morgan fingerprint density at radius 2 is 2.05 bits per heavy atom. The molecule has 3 aromatic heterocycles. The number of ether oxygens (including phenoxy) is 1. The van der Waals surface area contributed by atoms with Gasteiger partial charge in [-0.3, -0.25) is 9.89 Å². The van der Waals surface area contributed by atoms with E-state index in [-0.39, 0.29) is 5.54 Å². The molecule has 1 aliphatic carbocycles. The van der Waals surface area contributed by atoms with Gasteiger partial charge in [0.25, 0.3) is 0 Å². The second-order valence-corrected chi connectivity index (χ2v) is 13.3. The van der Waals surface area contributed by atoms with Crippen molar-refractivity contribution in [2.75, 3.05) is 57.2 Å². The minimum Gasteiger partial charge on any atom is -0.377 e. The van der Waals surface area contributed by atoms with E-state index in [0.717, 1.165) is 84.2 Å². The van der Waals surface area contributed by atoms with Gasteiger partial charge in [0.1, 0.15) is 17.0 Å².